The highest BCUT2D eigenvalue weighted by Crippen LogP contribution is 2.18. The molecule has 2 N–H and O–H groups in total. The molecule has 13 heavy (non-hydrogen) atoms. The van der Waals surface area contributed by atoms with E-state index in [1.54, 1.807) is 6.20 Å². The van der Waals surface area contributed by atoms with Crippen LogP contribution in [0, 0.1) is 0 Å². The van der Waals surface area contributed by atoms with Crippen LogP contribution in [0.1, 0.15) is 31.4 Å². The van der Waals surface area contributed by atoms with Crippen LogP contribution >= 0.6 is 28.3 Å². The molecule has 0 radical (unpaired) electrons. The summed E-state index contributed by atoms with van der Waals surface area (Å²) in [5.41, 5.74) is 7.02. The Balaban J connectivity index is 0.00000144. The van der Waals surface area contributed by atoms with Crippen molar-refractivity contribution in [2.45, 2.75) is 25.8 Å². The number of nitrogens with two attached hydrogens (primary N) is 1. The molecule has 0 saturated heterocycles. The van der Waals surface area contributed by atoms with Crippen molar-refractivity contribution in [3.8, 4) is 0 Å². The average molecular weight is 266 g/mol. The summed E-state index contributed by atoms with van der Waals surface area (Å²) in [6.07, 6.45) is 5.71. The van der Waals surface area contributed by atoms with Crippen molar-refractivity contribution < 1.29 is 0 Å². The van der Waals surface area contributed by atoms with E-state index in [-0.39, 0.29) is 18.4 Å². The minimum Gasteiger partial charge on any atom is -0.324 e. The van der Waals surface area contributed by atoms with Crippen LogP contribution in [-0.4, -0.2) is 4.98 Å². The second-order valence-corrected chi connectivity index (χ2v) is 3.75. The molecule has 4 heteroatoms. The van der Waals surface area contributed by atoms with Crippen molar-refractivity contribution in [3.05, 3.63) is 28.5 Å². The third-order valence-electron chi connectivity index (χ3n) is 1.75. The monoisotopic (exact) mass is 264 g/mol. The number of nitrogens with zero attached hydrogens (tertiary/aromatic N) is 1. The molecule has 1 aromatic heterocycles. The lowest BCUT2D eigenvalue weighted by Crippen LogP contribution is -2.09. The Kier molecular flexibility index (Phi) is 6.29. The van der Waals surface area contributed by atoms with Crippen molar-refractivity contribution in [3.63, 3.8) is 0 Å². The number of aromatic nitrogens is 1. The maximum absolute atomic E-state index is 5.91. The number of rotatable bonds is 3. The molecular formula is C9H14BrClN2. The highest BCUT2D eigenvalue weighted by molar-refractivity contribution is 9.10. The summed E-state index contributed by atoms with van der Waals surface area (Å²) in [6, 6.07) is 2.15. The Hall–Kier alpha value is -0.120. The van der Waals surface area contributed by atoms with E-state index in [2.05, 4.69) is 27.8 Å². The molecule has 2 nitrogen and oxygen atoms in total. The molecule has 0 aliphatic heterocycles. The Morgan fingerprint density at radius 3 is 2.77 bits per heavy atom. The highest BCUT2D eigenvalue weighted by atomic mass is 79.9. The second kappa shape index (κ2) is 6.35. The van der Waals surface area contributed by atoms with Gasteiger partial charge in [0, 0.05) is 22.9 Å². The van der Waals surface area contributed by atoms with Gasteiger partial charge in [0.2, 0.25) is 0 Å². The SMILES string of the molecule is CCC[C@@H](N)c1cncc(Br)c1.Cl. The van der Waals surface area contributed by atoms with Crippen LogP contribution in [0.4, 0.5) is 0 Å². The van der Waals surface area contributed by atoms with E-state index in [4.69, 9.17) is 5.73 Å². The van der Waals surface area contributed by atoms with Gasteiger partial charge in [-0.3, -0.25) is 4.98 Å². The van der Waals surface area contributed by atoms with Crippen LogP contribution in [0.15, 0.2) is 22.9 Å². The lowest BCUT2D eigenvalue weighted by Gasteiger charge is -2.09. The van der Waals surface area contributed by atoms with Gasteiger partial charge in [-0.15, -0.1) is 12.4 Å². The molecule has 0 aromatic carbocycles. The summed E-state index contributed by atoms with van der Waals surface area (Å²) in [5.74, 6) is 0. The summed E-state index contributed by atoms with van der Waals surface area (Å²) in [5, 5.41) is 0. The van der Waals surface area contributed by atoms with Gasteiger partial charge in [-0.2, -0.15) is 0 Å². The number of halogens is 2. The predicted octanol–water partition coefficient (Wildman–Crippen LogP) is 3.07. The molecule has 0 fully saturated rings. The molecular weight excluding hydrogens is 251 g/mol. The highest BCUT2D eigenvalue weighted by Gasteiger charge is 2.04. The molecule has 1 heterocycles. The van der Waals surface area contributed by atoms with Gasteiger partial charge in [-0.05, 0) is 34.0 Å². The van der Waals surface area contributed by atoms with E-state index in [0.717, 1.165) is 22.9 Å². The molecule has 0 saturated carbocycles. The van der Waals surface area contributed by atoms with Crippen LogP contribution in [-0.2, 0) is 0 Å². The van der Waals surface area contributed by atoms with Gasteiger partial charge in [0.25, 0.3) is 0 Å². The fourth-order valence-electron chi connectivity index (χ4n) is 1.11. The standard InChI is InChI=1S/C9H13BrN2.ClH/c1-2-3-9(11)7-4-8(10)6-12-5-7;/h4-6,9H,2-3,11H2,1H3;1H/t9-;/m1./s1. The largest absolute Gasteiger partial charge is 0.324 e. The Bertz CT molecular complexity index is 255. The van der Waals surface area contributed by atoms with E-state index >= 15 is 0 Å². The van der Waals surface area contributed by atoms with Crippen molar-refractivity contribution in [1.29, 1.82) is 0 Å². The fourth-order valence-corrected chi connectivity index (χ4v) is 1.49. The molecule has 1 aromatic rings. The van der Waals surface area contributed by atoms with Crippen molar-refractivity contribution in [2.24, 2.45) is 5.73 Å². The normalized spacial score (nSPS) is 11.9. The molecule has 1 atom stereocenters. The molecule has 0 unspecified atom stereocenters. The van der Waals surface area contributed by atoms with Crippen LogP contribution in [0.25, 0.3) is 0 Å². The summed E-state index contributed by atoms with van der Waals surface area (Å²) in [4.78, 5) is 4.06. The quantitative estimate of drug-likeness (QED) is 0.912. The molecule has 0 amide bonds. The van der Waals surface area contributed by atoms with Crippen molar-refractivity contribution in [1.82, 2.24) is 4.98 Å². The number of hydrogen-bond acceptors (Lipinski definition) is 2. The Labute approximate surface area is 93.5 Å². The van der Waals surface area contributed by atoms with Gasteiger partial charge in [0.05, 0.1) is 0 Å². The number of pyridine rings is 1. The lowest BCUT2D eigenvalue weighted by molar-refractivity contribution is 0.636. The van der Waals surface area contributed by atoms with Gasteiger partial charge in [0.15, 0.2) is 0 Å². The van der Waals surface area contributed by atoms with Crippen molar-refractivity contribution >= 4 is 28.3 Å². The average Bonchev–Trinajstić information content (AvgIpc) is 2.05. The minimum absolute atomic E-state index is 0. The van der Waals surface area contributed by atoms with Gasteiger partial charge in [0.1, 0.15) is 0 Å². The zero-order valence-corrected chi connectivity index (χ0v) is 9.94. The van der Waals surface area contributed by atoms with E-state index in [1.807, 2.05) is 12.3 Å². The zero-order chi connectivity index (χ0) is 8.97. The first-order valence-electron chi connectivity index (χ1n) is 4.10. The first kappa shape index (κ1) is 12.9. The Morgan fingerprint density at radius 1 is 1.54 bits per heavy atom. The van der Waals surface area contributed by atoms with E-state index in [9.17, 15) is 0 Å². The first-order chi connectivity index (χ1) is 5.74. The van der Waals surface area contributed by atoms with Crippen LogP contribution in [0.5, 0.6) is 0 Å². The minimum atomic E-state index is 0. The van der Waals surface area contributed by atoms with E-state index < -0.39 is 0 Å². The maximum atomic E-state index is 5.91. The first-order valence-corrected chi connectivity index (χ1v) is 4.89. The lowest BCUT2D eigenvalue weighted by atomic mass is 10.1. The summed E-state index contributed by atoms with van der Waals surface area (Å²) in [7, 11) is 0. The molecule has 0 aliphatic carbocycles. The molecule has 74 valence electrons. The fraction of sp³-hybridized carbons (Fsp3) is 0.444. The van der Waals surface area contributed by atoms with Gasteiger partial charge in [-0.1, -0.05) is 13.3 Å². The third-order valence-corrected chi connectivity index (χ3v) is 2.19. The molecule has 1 rings (SSSR count). The number of hydrogen-bond donors (Lipinski definition) is 1. The van der Waals surface area contributed by atoms with Gasteiger partial charge in [-0.25, -0.2) is 0 Å². The maximum Gasteiger partial charge on any atom is 0.0410 e. The second-order valence-electron chi connectivity index (χ2n) is 2.83. The van der Waals surface area contributed by atoms with Crippen LogP contribution in [0.3, 0.4) is 0 Å². The molecule has 0 aliphatic rings. The zero-order valence-electron chi connectivity index (χ0n) is 7.53. The third kappa shape index (κ3) is 4.07. The molecule has 0 bridgehead atoms. The van der Waals surface area contributed by atoms with Gasteiger partial charge >= 0.3 is 0 Å². The topological polar surface area (TPSA) is 38.9 Å². The Morgan fingerprint density at radius 2 is 2.23 bits per heavy atom. The molecule has 0 spiro atoms. The summed E-state index contributed by atoms with van der Waals surface area (Å²) < 4.78 is 0.992. The van der Waals surface area contributed by atoms with E-state index in [0.29, 0.717) is 0 Å². The van der Waals surface area contributed by atoms with Gasteiger partial charge < -0.3 is 5.73 Å². The summed E-state index contributed by atoms with van der Waals surface area (Å²) >= 11 is 3.36. The smallest absolute Gasteiger partial charge is 0.0410 e. The van der Waals surface area contributed by atoms with Crippen molar-refractivity contribution in [2.75, 3.05) is 0 Å². The van der Waals surface area contributed by atoms with Crippen LogP contribution in [0.2, 0.25) is 0 Å². The van der Waals surface area contributed by atoms with E-state index in [1.165, 1.54) is 0 Å². The van der Waals surface area contributed by atoms with Crippen LogP contribution < -0.4 is 5.73 Å². The predicted molar refractivity (Wildman–Crippen MR) is 61.0 cm³/mol. The summed E-state index contributed by atoms with van der Waals surface area (Å²) in [6.45, 7) is 2.13.